The van der Waals surface area contributed by atoms with Crippen LogP contribution in [-0.2, 0) is 0 Å². The maximum atomic E-state index is 12.0. The molecule has 1 aromatic carbocycles. The molecule has 0 radical (unpaired) electrons. The van der Waals surface area contributed by atoms with Crippen molar-refractivity contribution in [1.82, 2.24) is 0 Å². The summed E-state index contributed by atoms with van der Waals surface area (Å²) in [6, 6.07) is 6.46. The number of hydrogen-bond acceptors (Lipinski definition) is 3. The monoisotopic (exact) mass is 373 g/mol. The molecule has 0 spiro atoms. The number of thioether (sulfide) groups is 1. The Bertz CT molecular complexity index is 533. The Labute approximate surface area is 137 Å². The van der Waals surface area contributed by atoms with Crippen LogP contribution in [0.1, 0.15) is 37.5 Å². The van der Waals surface area contributed by atoms with Gasteiger partial charge in [-0.1, -0.05) is 0 Å². The van der Waals surface area contributed by atoms with Crippen LogP contribution < -0.4 is 9.20 Å². The summed E-state index contributed by atoms with van der Waals surface area (Å²) in [5, 5.41) is 13.4. The molecule has 0 bridgehead atoms. The van der Waals surface area contributed by atoms with Crippen molar-refractivity contribution in [2.75, 3.05) is 13.4 Å². The van der Waals surface area contributed by atoms with E-state index in [1.165, 1.54) is 14.8 Å². The molecule has 3 nitrogen and oxygen atoms in total. The van der Waals surface area contributed by atoms with Crippen LogP contribution in [0.15, 0.2) is 18.2 Å². The molecule has 1 aliphatic heterocycles. The summed E-state index contributed by atoms with van der Waals surface area (Å²) >= 11 is 2.12. The molecule has 21 heavy (non-hydrogen) atoms. The van der Waals surface area contributed by atoms with Gasteiger partial charge in [0.2, 0.25) is 0 Å². The molecule has 0 fully saturated rings. The number of nitrogens with zero attached hydrogens (tertiary/aromatic N) is 1. The first kappa shape index (κ1) is 16.7. The third-order valence-electron chi connectivity index (χ3n) is 3.99. The van der Waals surface area contributed by atoms with Gasteiger partial charge in [-0.15, -0.1) is 0 Å². The van der Waals surface area contributed by atoms with Crippen LogP contribution in [0.25, 0.3) is 0 Å². The molecule has 0 aromatic heterocycles. The summed E-state index contributed by atoms with van der Waals surface area (Å²) < 4.78 is 8.11. The van der Waals surface area contributed by atoms with Gasteiger partial charge in [0.25, 0.3) is 0 Å². The van der Waals surface area contributed by atoms with Gasteiger partial charge >= 0.3 is 138 Å². The molecule has 1 heterocycles. The van der Waals surface area contributed by atoms with Gasteiger partial charge in [-0.3, -0.25) is 0 Å². The van der Waals surface area contributed by atoms with Crippen molar-refractivity contribution >= 4 is 36.9 Å². The Morgan fingerprint density at radius 1 is 1.52 bits per heavy atom. The van der Waals surface area contributed by atoms with Crippen molar-refractivity contribution in [2.24, 2.45) is 0 Å². The average molecular weight is 372 g/mol. The molecule has 5 heteroatoms. The summed E-state index contributed by atoms with van der Waals surface area (Å²) in [5.41, 5.74) is 2.34. The molecule has 0 saturated carbocycles. The summed E-state index contributed by atoms with van der Waals surface area (Å²) in [6.07, 6.45) is 4.08. The van der Waals surface area contributed by atoms with E-state index in [4.69, 9.17) is 4.74 Å². The van der Waals surface area contributed by atoms with Crippen LogP contribution in [0.5, 0.6) is 5.75 Å². The molecule has 116 valence electrons. The second-order valence-electron chi connectivity index (χ2n) is 5.32. The summed E-state index contributed by atoms with van der Waals surface area (Å²) in [5.74, 6) is 0.976. The van der Waals surface area contributed by atoms with E-state index >= 15 is 0 Å². The van der Waals surface area contributed by atoms with Crippen molar-refractivity contribution in [3.63, 3.8) is 0 Å². The molecule has 0 aliphatic carbocycles. The molecule has 2 atom stereocenters. The summed E-state index contributed by atoms with van der Waals surface area (Å²) in [4.78, 5) is 0. The molecule has 0 amide bonds. The predicted octanol–water partition coefficient (Wildman–Crippen LogP) is 3.00. The standard InChI is InChI=1S/C16H23NO2SSe/c1-11-8-9-13(17(11)18)10-21-16-14(12(2)20-4)6-5-7-15(16)19-3/h5-7,12-13H,8-10H2,1-4H3/t12-,13?/m0/s1. The second-order valence-corrected chi connectivity index (χ2v) is 8.66. The first-order valence-electron chi connectivity index (χ1n) is 7.19. The van der Waals surface area contributed by atoms with E-state index in [1.807, 2.05) is 24.8 Å². The quantitative estimate of drug-likeness (QED) is 0.438. The molecule has 1 unspecified atom stereocenters. The van der Waals surface area contributed by atoms with Crippen molar-refractivity contribution in [3.05, 3.63) is 29.0 Å². The van der Waals surface area contributed by atoms with Crippen LogP contribution in [-0.4, -0.2) is 44.8 Å². The number of hydroxylamine groups is 1. The van der Waals surface area contributed by atoms with Gasteiger partial charge < -0.3 is 0 Å². The maximum absolute atomic E-state index is 12.0. The zero-order chi connectivity index (χ0) is 15.4. The Hall–Kier alpha value is -0.641. The minimum absolute atomic E-state index is 0.160. The van der Waals surface area contributed by atoms with Crippen molar-refractivity contribution in [1.29, 1.82) is 0 Å². The number of rotatable bonds is 6. The van der Waals surface area contributed by atoms with Gasteiger partial charge in [-0.05, 0) is 0 Å². The molecule has 1 aromatic rings. The number of ether oxygens (including phenoxy) is 1. The van der Waals surface area contributed by atoms with Crippen LogP contribution in [0.3, 0.4) is 0 Å². The van der Waals surface area contributed by atoms with Crippen LogP contribution in [0.2, 0.25) is 5.32 Å². The van der Waals surface area contributed by atoms with E-state index in [1.54, 1.807) is 7.11 Å². The van der Waals surface area contributed by atoms with Crippen molar-refractivity contribution < 1.29 is 9.48 Å². The van der Waals surface area contributed by atoms with Gasteiger partial charge in [-0.25, -0.2) is 0 Å². The van der Waals surface area contributed by atoms with Gasteiger partial charge in [0.1, 0.15) is 0 Å². The first-order valence-corrected chi connectivity index (χ1v) is 10.5. The SMILES string of the molecule is COc1cccc([C@H](C)SC)c1[Se]CC1CCC(C)=[N+]1[O-]. The number of hydrogen-bond donors (Lipinski definition) is 0. The van der Waals surface area contributed by atoms with Gasteiger partial charge in [0.05, 0.1) is 0 Å². The normalized spacial score (nSPS) is 19.9. The van der Waals surface area contributed by atoms with E-state index in [9.17, 15) is 5.21 Å². The summed E-state index contributed by atoms with van der Waals surface area (Å²) in [7, 11) is 1.73. The van der Waals surface area contributed by atoms with Crippen LogP contribution >= 0.6 is 11.8 Å². The third kappa shape index (κ3) is 3.77. The third-order valence-corrected chi connectivity index (χ3v) is 7.63. The molecule has 1 aliphatic rings. The Morgan fingerprint density at radius 2 is 2.29 bits per heavy atom. The fourth-order valence-corrected chi connectivity index (χ4v) is 6.03. The minimum atomic E-state index is 0.160. The molecule has 2 rings (SSSR count). The predicted molar refractivity (Wildman–Crippen MR) is 92.4 cm³/mol. The zero-order valence-corrected chi connectivity index (χ0v) is 15.6. The average Bonchev–Trinajstić information content (AvgIpc) is 2.83. The zero-order valence-electron chi connectivity index (χ0n) is 13.1. The molecule has 0 saturated heterocycles. The van der Waals surface area contributed by atoms with Gasteiger partial charge in [0.15, 0.2) is 0 Å². The molecular weight excluding hydrogens is 349 g/mol. The van der Waals surface area contributed by atoms with Crippen LogP contribution in [0, 0.1) is 5.21 Å². The fourth-order valence-electron chi connectivity index (χ4n) is 2.54. The first-order chi connectivity index (χ1) is 10.1. The Morgan fingerprint density at radius 3 is 2.86 bits per heavy atom. The summed E-state index contributed by atoms with van der Waals surface area (Å²) in [6.45, 7) is 4.18. The number of methoxy groups -OCH3 is 1. The van der Waals surface area contributed by atoms with Crippen molar-refractivity contribution in [2.45, 2.75) is 43.3 Å². The van der Waals surface area contributed by atoms with E-state index < -0.39 is 0 Å². The van der Waals surface area contributed by atoms with E-state index in [2.05, 4.69) is 25.3 Å². The topological polar surface area (TPSA) is 35.3 Å². The van der Waals surface area contributed by atoms with Gasteiger partial charge in [-0.2, -0.15) is 0 Å². The van der Waals surface area contributed by atoms with Crippen molar-refractivity contribution in [3.8, 4) is 5.75 Å². The molecule has 0 N–H and O–H groups in total. The van der Waals surface area contributed by atoms with Crippen LogP contribution in [0.4, 0.5) is 0 Å². The van der Waals surface area contributed by atoms with E-state index in [-0.39, 0.29) is 21.0 Å². The van der Waals surface area contributed by atoms with E-state index in [0.717, 1.165) is 29.6 Å². The second kappa shape index (κ2) is 7.57. The fraction of sp³-hybridized carbons (Fsp3) is 0.562. The van der Waals surface area contributed by atoms with Gasteiger partial charge in [0, 0.05) is 0 Å². The van der Waals surface area contributed by atoms with E-state index in [0.29, 0.717) is 5.25 Å². The Balaban J connectivity index is 2.18. The molecular formula is C16H23NO2SSe. The number of benzene rings is 1. The Kier molecular flexibility index (Phi) is 6.03.